The number of hydrazine groups is 1. The number of nitrogens with zero attached hydrogens (tertiary/aromatic N) is 6. The van der Waals surface area contributed by atoms with Gasteiger partial charge in [0.1, 0.15) is 6.23 Å². The fraction of sp³-hybridized carbons (Fsp3) is 0.603. The summed E-state index contributed by atoms with van der Waals surface area (Å²) in [6.45, 7) is 34.9. The van der Waals surface area contributed by atoms with Gasteiger partial charge in [0.2, 0.25) is 23.6 Å². The average molecular weight is 1200 g/mol. The molecule has 1 unspecified atom stereocenters. The molecule has 4 aromatic rings. The predicted octanol–water partition coefficient (Wildman–Crippen LogP) is 10.6. The summed E-state index contributed by atoms with van der Waals surface area (Å²) in [5, 5.41) is 17.5. The molecule has 0 bridgehead atoms. The van der Waals surface area contributed by atoms with Crippen LogP contribution in [0.3, 0.4) is 0 Å². The number of hydrogen-bond donors (Lipinski definition) is 2. The number of benzene rings is 3. The Hall–Kier alpha value is -5.04. The number of fused-ring (bicyclic) bond motifs is 4. The first-order valence-corrected chi connectivity index (χ1v) is 38.3. The van der Waals surface area contributed by atoms with Gasteiger partial charge in [0.25, 0.3) is 0 Å². The van der Waals surface area contributed by atoms with Gasteiger partial charge in [0, 0.05) is 70.4 Å². The molecule has 0 aliphatic heterocycles. The van der Waals surface area contributed by atoms with Gasteiger partial charge >= 0.3 is 5.97 Å². The molecule has 5 rings (SSSR count). The number of carbonyl (C=O) groups is 5. The molecule has 1 aromatic heterocycles. The van der Waals surface area contributed by atoms with Crippen LogP contribution in [0.15, 0.2) is 78.9 Å². The van der Waals surface area contributed by atoms with Crippen molar-refractivity contribution in [1.29, 1.82) is 0 Å². The van der Waals surface area contributed by atoms with E-state index in [1.165, 1.54) is 37.0 Å². The van der Waals surface area contributed by atoms with E-state index in [4.69, 9.17) is 18.0 Å². The Labute approximate surface area is 499 Å². The molecule has 1 aliphatic carbocycles. The SMILES string of the molecule is CC(OCC1c2ccccc2-c2ccccc21)N(C)N(C)Cc1cc2ccccc2n1CCC(=O)NCC(=O)N(CCO[Si](C)(C)C(C)(C)C)CC(=O)N(CCO[Si](C)(C)C(C)(C)C)CC(=O)N(CCO[Si](C)(C)C(C)(C)C)CCC(=O)O. The molecule has 0 saturated carbocycles. The third-order valence-corrected chi connectivity index (χ3v) is 31.6. The zero-order valence-corrected chi connectivity index (χ0v) is 56.6. The highest BCUT2D eigenvalue weighted by atomic mass is 28.4. The van der Waals surface area contributed by atoms with E-state index in [1.807, 2.05) is 32.3 Å². The van der Waals surface area contributed by atoms with Crippen molar-refractivity contribution in [2.75, 3.05) is 86.3 Å². The number of carboxylic acid groups (broad SMARTS) is 1. The van der Waals surface area contributed by atoms with Crippen LogP contribution in [0.4, 0.5) is 0 Å². The lowest BCUT2D eigenvalue weighted by Crippen LogP contribution is -2.52. The van der Waals surface area contributed by atoms with Gasteiger partial charge in [0.05, 0.1) is 59.0 Å². The van der Waals surface area contributed by atoms with E-state index in [0.29, 0.717) is 19.7 Å². The number of rotatable bonds is 31. The van der Waals surface area contributed by atoms with Crippen LogP contribution in [0.25, 0.3) is 22.0 Å². The van der Waals surface area contributed by atoms with Crippen molar-refractivity contribution >= 4 is 65.5 Å². The second kappa shape index (κ2) is 28.9. The van der Waals surface area contributed by atoms with E-state index in [9.17, 15) is 29.1 Å². The smallest absolute Gasteiger partial charge is 0.305 e. The summed E-state index contributed by atoms with van der Waals surface area (Å²) in [6, 6.07) is 27.3. The van der Waals surface area contributed by atoms with Crippen LogP contribution in [0.5, 0.6) is 0 Å². The molecule has 1 atom stereocenters. The standard InChI is InChI=1S/C63H101N7O10Si3/c1-47(77-46-54-52-28-22-20-26-50(52)51-27-21-23-29-53(51)54)66(12)65(11)43-49-41-48-25-19-24-30-55(48)70(49)34-31-56(71)64-42-57(72)68(36-39-79-82(15,16)62(5,6)7)45-59(74)69(37-40-80-83(17,18)63(8,9)10)44-58(73)67(33-32-60(75)76)35-38-78-81(13,14)61(2,3)4/h19-30,41,47,54H,31-40,42-46H2,1-18H3,(H,64,71)(H,75,76). The van der Waals surface area contributed by atoms with Crippen LogP contribution in [-0.4, -0.2) is 182 Å². The maximum atomic E-state index is 14.7. The van der Waals surface area contributed by atoms with E-state index in [0.717, 1.165) is 16.6 Å². The lowest BCUT2D eigenvalue weighted by molar-refractivity contribution is -0.145. The van der Waals surface area contributed by atoms with Crippen LogP contribution in [0.1, 0.15) is 105 Å². The first-order chi connectivity index (χ1) is 38.5. The van der Waals surface area contributed by atoms with Crippen molar-refractivity contribution in [1.82, 2.24) is 34.6 Å². The fourth-order valence-corrected chi connectivity index (χ4v) is 12.3. The van der Waals surface area contributed by atoms with Crippen molar-refractivity contribution in [3.8, 4) is 11.1 Å². The minimum absolute atomic E-state index is 0.0593. The van der Waals surface area contributed by atoms with E-state index in [-0.39, 0.29) is 112 Å². The van der Waals surface area contributed by atoms with Gasteiger partial charge in [-0.25, -0.2) is 10.0 Å². The summed E-state index contributed by atoms with van der Waals surface area (Å²) >= 11 is 0. The average Bonchev–Trinajstić information content (AvgIpc) is 3.14. The Balaban J connectivity index is 1.29. The lowest BCUT2D eigenvalue weighted by Gasteiger charge is -2.38. The number of aliphatic carboxylic acids is 1. The highest BCUT2D eigenvalue weighted by Crippen LogP contribution is 2.45. The van der Waals surface area contributed by atoms with Crippen LogP contribution in [-0.2, 0) is 55.1 Å². The summed E-state index contributed by atoms with van der Waals surface area (Å²) < 4.78 is 28.2. The summed E-state index contributed by atoms with van der Waals surface area (Å²) in [4.78, 5) is 73.4. The number of hydrogen-bond acceptors (Lipinski definition) is 11. The molecule has 3 aromatic carbocycles. The third-order valence-electron chi connectivity index (χ3n) is 18.0. The molecule has 460 valence electrons. The largest absolute Gasteiger partial charge is 0.481 e. The Morgan fingerprint density at radius 3 is 1.55 bits per heavy atom. The molecule has 0 fully saturated rings. The molecule has 20 heteroatoms. The Morgan fingerprint density at radius 1 is 0.614 bits per heavy atom. The Morgan fingerprint density at radius 2 is 1.06 bits per heavy atom. The highest BCUT2D eigenvalue weighted by molar-refractivity contribution is 6.74. The maximum Gasteiger partial charge on any atom is 0.305 e. The van der Waals surface area contributed by atoms with Crippen molar-refractivity contribution < 1.29 is 47.1 Å². The summed E-state index contributed by atoms with van der Waals surface area (Å²) in [6.07, 6.45) is -0.443. The first kappa shape index (κ1) is 68.7. The number of carboxylic acids is 1. The van der Waals surface area contributed by atoms with Gasteiger partial charge in [0.15, 0.2) is 25.0 Å². The number of nitrogens with one attached hydrogen (secondary N) is 1. The maximum absolute atomic E-state index is 14.7. The topological polar surface area (TPSA) is 176 Å². The molecule has 2 N–H and O–H groups in total. The van der Waals surface area contributed by atoms with Crippen LogP contribution in [0.2, 0.25) is 54.4 Å². The molecule has 17 nitrogen and oxygen atoms in total. The molecule has 1 aliphatic rings. The van der Waals surface area contributed by atoms with Crippen molar-refractivity contribution in [3.05, 3.63) is 95.7 Å². The van der Waals surface area contributed by atoms with Gasteiger partial charge in [-0.15, -0.1) is 0 Å². The number of ether oxygens (including phenoxy) is 1. The van der Waals surface area contributed by atoms with Gasteiger partial charge in [-0.2, -0.15) is 0 Å². The minimum atomic E-state index is -2.29. The van der Waals surface area contributed by atoms with Gasteiger partial charge in [-0.05, 0) is 101 Å². The van der Waals surface area contributed by atoms with E-state index in [1.54, 1.807) is 0 Å². The van der Waals surface area contributed by atoms with Gasteiger partial charge in [-0.1, -0.05) is 129 Å². The van der Waals surface area contributed by atoms with Crippen LogP contribution >= 0.6 is 0 Å². The number of aromatic nitrogens is 1. The lowest BCUT2D eigenvalue weighted by atomic mass is 9.98. The van der Waals surface area contributed by atoms with Crippen molar-refractivity contribution in [3.63, 3.8) is 0 Å². The summed E-state index contributed by atoms with van der Waals surface area (Å²) in [5.74, 6) is -2.66. The predicted molar refractivity (Wildman–Crippen MR) is 339 cm³/mol. The molecule has 4 amide bonds. The normalized spacial score (nSPS) is 13.8. The second-order valence-electron chi connectivity index (χ2n) is 26.9. The van der Waals surface area contributed by atoms with E-state index in [2.05, 4.69) is 189 Å². The van der Waals surface area contributed by atoms with E-state index < -0.39 is 48.6 Å². The van der Waals surface area contributed by atoms with Crippen LogP contribution in [0, 0.1) is 0 Å². The number of aryl methyl sites for hydroxylation is 1. The molecule has 83 heavy (non-hydrogen) atoms. The minimum Gasteiger partial charge on any atom is -0.481 e. The van der Waals surface area contributed by atoms with Gasteiger partial charge < -0.3 is 47.7 Å². The van der Waals surface area contributed by atoms with Crippen molar-refractivity contribution in [2.45, 2.75) is 162 Å². The molecule has 0 saturated heterocycles. The molecule has 0 spiro atoms. The highest BCUT2D eigenvalue weighted by Gasteiger charge is 2.40. The quantitative estimate of drug-likeness (QED) is 0.0278. The second-order valence-corrected chi connectivity index (χ2v) is 41.3. The molecule has 1 heterocycles. The zero-order valence-electron chi connectivity index (χ0n) is 53.6. The number of para-hydroxylation sites is 1. The van der Waals surface area contributed by atoms with Gasteiger partial charge in [-0.3, -0.25) is 24.0 Å². The fourth-order valence-electron chi connectivity index (χ4n) is 9.24. The molecule has 0 radical (unpaired) electrons. The van der Waals surface area contributed by atoms with E-state index >= 15 is 0 Å². The third kappa shape index (κ3) is 18.7. The number of amides is 4. The zero-order chi connectivity index (χ0) is 61.9. The monoisotopic (exact) mass is 1200 g/mol. The Kier molecular flexibility index (Phi) is 23.9. The van der Waals surface area contributed by atoms with Crippen molar-refractivity contribution in [2.24, 2.45) is 0 Å². The molecular formula is C63H101N7O10Si3. The summed E-state index contributed by atoms with van der Waals surface area (Å²) in [5.41, 5.74) is 7.06. The first-order valence-electron chi connectivity index (χ1n) is 29.6. The summed E-state index contributed by atoms with van der Waals surface area (Å²) in [7, 11) is -2.73. The van der Waals surface area contributed by atoms with Crippen LogP contribution < -0.4 is 5.32 Å². The molecular weight excluding hydrogens is 1100 g/mol. The Bertz CT molecular complexity index is 2790. The number of carbonyl (C=O) groups excluding carboxylic acids is 4.